The van der Waals surface area contributed by atoms with E-state index in [4.69, 9.17) is 16.3 Å². The maximum absolute atomic E-state index is 13.1. The Hall–Kier alpha value is -2.46. The number of hydrogen-bond donors (Lipinski definition) is 1. The highest BCUT2D eigenvalue weighted by Crippen LogP contribution is 2.38. The second-order valence-corrected chi connectivity index (χ2v) is 8.10. The first-order chi connectivity index (χ1) is 15.4. The smallest absolute Gasteiger partial charge is 0.416 e. The van der Waals surface area contributed by atoms with Crippen LogP contribution in [0, 0.1) is 0 Å². The van der Waals surface area contributed by atoms with Crippen molar-refractivity contribution < 1.29 is 35.9 Å². The molecule has 1 heterocycles. The van der Waals surface area contributed by atoms with Gasteiger partial charge in [-0.1, -0.05) is 23.7 Å². The first-order valence-corrected chi connectivity index (χ1v) is 10.5. The fraction of sp³-hybridized carbons (Fsp3) is 0.409. The Balaban J connectivity index is 1.80. The number of hydrogen-bond acceptors (Lipinski definition) is 3. The number of halogens is 7. The predicted octanol–water partition coefficient (Wildman–Crippen LogP) is 5.54. The van der Waals surface area contributed by atoms with E-state index in [9.17, 15) is 31.1 Å². The van der Waals surface area contributed by atoms with Gasteiger partial charge in [-0.15, -0.1) is 0 Å². The van der Waals surface area contributed by atoms with E-state index in [1.807, 2.05) is 0 Å². The zero-order chi connectivity index (χ0) is 24.2. The minimum atomic E-state index is -5.00. The van der Waals surface area contributed by atoms with Gasteiger partial charge in [-0.3, -0.25) is 4.79 Å². The van der Waals surface area contributed by atoms with E-state index in [1.165, 1.54) is 4.90 Å². The Morgan fingerprint density at radius 2 is 1.61 bits per heavy atom. The largest absolute Gasteiger partial charge is 0.484 e. The molecule has 3 rings (SSSR count). The van der Waals surface area contributed by atoms with Gasteiger partial charge in [-0.05, 0) is 61.8 Å². The third kappa shape index (κ3) is 7.01. The maximum Gasteiger partial charge on any atom is 0.416 e. The van der Waals surface area contributed by atoms with Crippen LogP contribution in [0.3, 0.4) is 0 Å². The lowest BCUT2D eigenvalue weighted by Gasteiger charge is -2.35. The number of nitrogens with one attached hydrogen (secondary N) is 1. The standard InChI is InChI=1S/C22H21ClF6N2O2/c23-17-3-1-2-14(8-17)12-31(18-4-6-30-7-5-18)20(32)13-33-19-10-15(21(24,25)26)9-16(11-19)22(27,28)29/h1-3,8-11,18,30H,4-7,12-13H2. The second-order valence-electron chi connectivity index (χ2n) is 7.66. The van der Waals surface area contributed by atoms with Gasteiger partial charge in [0.1, 0.15) is 5.75 Å². The van der Waals surface area contributed by atoms with E-state index >= 15 is 0 Å². The molecule has 0 spiro atoms. The van der Waals surface area contributed by atoms with Crippen LogP contribution in [0.4, 0.5) is 26.3 Å². The van der Waals surface area contributed by atoms with Gasteiger partial charge in [0.15, 0.2) is 6.61 Å². The Labute approximate surface area is 191 Å². The molecule has 11 heteroatoms. The summed E-state index contributed by atoms with van der Waals surface area (Å²) in [6, 6.07) is 7.62. The lowest BCUT2D eigenvalue weighted by molar-refractivity contribution is -0.143. The molecule has 0 atom stereocenters. The summed E-state index contributed by atoms with van der Waals surface area (Å²) in [7, 11) is 0. The van der Waals surface area contributed by atoms with Gasteiger partial charge in [0.25, 0.3) is 5.91 Å². The SMILES string of the molecule is O=C(COc1cc(C(F)(F)F)cc(C(F)(F)F)c1)N(Cc1cccc(Cl)c1)C1CCNCC1. The molecule has 0 aliphatic carbocycles. The Morgan fingerprint density at radius 3 is 2.15 bits per heavy atom. The van der Waals surface area contributed by atoms with Crippen LogP contribution in [-0.2, 0) is 23.7 Å². The van der Waals surface area contributed by atoms with E-state index in [2.05, 4.69) is 5.32 Å². The van der Waals surface area contributed by atoms with Crippen molar-refractivity contribution in [3.05, 3.63) is 64.2 Å². The molecule has 1 N–H and O–H groups in total. The van der Waals surface area contributed by atoms with Crippen molar-refractivity contribution >= 4 is 17.5 Å². The molecule has 2 aromatic rings. The Morgan fingerprint density at radius 1 is 1.00 bits per heavy atom. The van der Waals surface area contributed by atoms with Gasteiger partial charge in [0.05, 0.1) is 11.1 Å². The van der Waals surface area contributed by atoms with Crippen LogP contribution in [0.5, 0.6) is 5.75 Å². The molecule has 0 bridgehead atoms. The van der Waals surface area contributed by atoms with Crippen molar-refractivity contribution in [2.24, 2.45) is 0 Å². The van der Waals surface area contributed by atoms with Gasteiger partial charge in [0.2, 0.25) is 0 Å². The van der Waals surface area contributed by atoms with Crippen molar-refractivity contribution in [1.29, 1.82) is 0 Å². The number of ether oxygens (including phenoxy) is 1. The molecule has 1 fully saturated rings. The number of piperidine rings is 1. The van der Waals surface area contributed by atoms with Crippen LogP contribution in [0.1, 0.15) is 29.5 Å². The quantitative estimate of drug-likeness (QED) is 0.536. The molecular weight excluding hydrogens is 474 g/mol. The van der Waals surface area contributed by atoms with E-state index < -0.39 is 41.7 Å². The highest BCUT2D eigenvalue weighted by Gasteiger charge is 2.37. The van der Waals surface area contributed by atoms with Gasteiger partial charge in [-0.2, -0.15) is 26.3 Å². The van der Waals surface area contributed by atoms with Gasteiger partial charge in [0, 0.05) is 17.6 Å². The number of benzene rings is 2. The topological polar surface area (TPSA) is 41.6 Å². The third-order valence-corrected chi connectivity index (χ3v) is 5.47. The zero-order valence-corrected chi connectivity index (χ0v) is 18.0. The van der Waals surface area contributed by atoms with Crippen LogP contribution in [-0.4, -0.2) is 36.5 Å². The number of rotatable bonds is 6. The van der Waals surface area contributed by atoms with Crippen molar-refractivity contribution in [2.45, 2.75) is 37.8 Å². The number of nitrogens with zero attached hydrogens (tertiary/aromatic N) is 1. The van der Waals surface area contributed by atoms with Crippen LogP contribution in [0.2, 0.25) is 5.02 Å². The molecule has 1 saturated heterocycles. The van der Waals surface area contributed by atoms with Gasteiger partial charge >= 0.3 is 12.4 Å². The molecule has 0 unspecified atom stereocenters. The predicted molar refractivity (Wildman–Crippen MR) is 110 cm³/mol. The molecule has 0 aromatic heterocycles. The molecule has 180 valence electrons. The minimum absolute atomic E-state index is 0.00909. The fourth-order valence-electron chi connectivity index (χ4n) is 3.61. The monoisotopic (exact) mass is 494 g/mol. The Bertz CT molecular complexity index is 942. The summed E-state index contributed by atoms with van der Waals surface area (Å²) >= 11 is 6.02. The molecular formula is C22H21ClF6N2O2. The van der Waals surface area contributed by atoms with E-state index in [0.717, 1.165) is 5.56 Å². The highest BCUT2D eigenvalue weighted by atomic mass is 35.5. The number of carbonyl (C=O) groups is 1. The summed E-state index contributed by atoms with van der Waals surface area (Å²) in [4.78, 5) is 14.5. The second kappa shape index (κ2) is 10.2. The number of alkyl halides is 6. The van der Waals surface area contributed by atoms with Crippen molar-refractivity contribution in [3.8, 4) is 5.75 Å². The van der Waals surface area contributed by atoms with Crippen LogP contribution in [0.25, 0.3) is 0 Å². The van der Waals surface area contributed by atoms with E-state index in [0.29, 0.717) is 43.1 Å². The van der Waals surface area contributed by atoms with Crippen molar-refractivity contribution in [1.82, 2.24) is 10.2 Å². The summed E-state index contributed by atoms with van der Waals surface area (Å²) in [5.41, 5.74) is -2.27. The first-order valence-electron chi connectivity index (χ1n) is 10.1. The molecule has 0 radical (unpaired) electrons. The van der Waals surface area contributed by atoms with Gasteiger partial charge in [-0.25, -0.2) is 0 Å². The molecule has 1 amide bonds. The summed E-state index contributed by atoms with van der Waals surface area (Å²) in [5, 5.41) is 3.65. The average molecular weight is 495 g/mol. The van der Waals surface area contributed by atoms with Gasteiger partial charge < -0.3 is 15.0 Å². The highest BCUT2D eigenvalue weighted by molar-refractivity contribution is 6.30. The van der Waals surface area contributed by atoms with Crippen LogP contribution < -0.4 is 10.1 Å². The zero-order valence-electron chi connectivity index (χ0n) is 17.3. The maximum atomic E-state index is 13.1. The summed E-state index contributed by atoms with van der Waals surface area (Å²) in [6.45, 7) is 0.827. The van der Waals surface area contributed by atoms with Crippen molar-refractivity contribution in [2.75, 3.05) is 19.7 Å². The first kappa shape index (κ1) is 25.2. The normalized spacial score (nSPS) is 15.4. The fourth-order valence-corrected chi connectivity index (χ4v) is 3.82. The lowest BCUT2D eigenvalue weighted by atomic mass is 10.0. The summed E-state index contributed by atoms with van der Waals surface area (Å²) in [5.74, 6) is -1.23. The minimum Gasteiger partial charge on any atom is -0.484 e. The van der Waals surface area contributed by atoms with E-state index in [-0.39, 0.29) is 18.7 Å². The van der Waals surface area contributed by atoms with Crippen LogP contribution >= 0.6 is 11.6 Å². The molecule has 1 aliphatic heterocycles. The van der Waals surface area contributed by atoms with Crippen LogP contribution in [0.15, 0.2) is 42.5 Å². The molecule has 4 nitrogen and oxygen atoms in total. The van der Waals surface area contributed by atoms with E-state index in [1.54, 1.807) is 24.3 Å². The number of amides is 1. The molecule has 1 aliphatic rings. The molecule has 0 saturated carbocycles. The summed E-state index contributed by atoms with van der Waals surface area (Å²) in [6.07, 6.45) is -8.71. The average Bonchev–Trinajstić information content (AvgIpc) is 2.75. The summed E-state index contributed by atoms with van der Waals surface area (Å²) < 4.78 is 83.5. The lowest BCUT2D eigenvalue weighted by Crippen LogP contribution is -2.47. The number of carbonyl (C=O) groups excluding carboxylic acids is 1. The third-order valence-electron chi connectivity index (χ3n) is 5.24. The van der Waals surface area contributed by atoms with Crippen molar-refractivity contribution in [3.63, 3.8) is 0 Å². The molecule has 2 aromatic carbocycles. The molecule has 33 heavy (non-hydrogen) atoms. The Kier molecular flexibility index (Phi) is 7.79.